The van der Waals surface area contributed by atoms with Crippen LogP contribution in [-0.4, -0.2) is 36.7 Å². The Hall–Kier alpha value is -0.360. The summed E-state index contributed by atoms with van der Waals surface area (Å²) in [6.07, 6.45) is 22.9. The molecular weight excluding hydrogens is 440 g/mol. The van der Waals surface area contributed by atoms with Crippen LogP contribution < -0.4 is 0 Å². The molecule has 0 unspecified atom stereocenters. The van der Waals surface area contributed by atoms with E-state index in [4.69, 9.17) is 9.47 Å². The molecule has 0 amide bonds. The second kappa shape index (κ2) is 23.8. The summed E-state index contributed by atoms with van der Waals surface area (Å²) in [5, 5.41) is 0. The van der Waals surface area contributed by atoms with Crippen molar-refractivity contribution in [3.05, 3.63) is 0 Å². The van der Waals surface area contributed by atoms with E-state index in [2.05, 4.69) is 21.6 Å². The first-order valence-electron chi connectivity index (χ1n) is 13.3. The first-order valence-corrected chi connectivity index (χ1v) is 15.8. The van der Waals surface area contributed by atoms with Crippen molar-refractivity contribution < 1.29 is 19.1 Å². The minimum absolute atomic E-state index is 0.135. The molecule has 32 heavy (non-hydrogen) atoms. The van der Waals surface area contributed by atoms with Crippen LogP contribution in [0.15, 0.2) is 0 Å². The first kappa shape index (κ1) is 29.7. The Labute approximate surface area is 205 Å². The van der Waals surface area contributed by atoms with Gasteiger partial charge in [0, 0.05) is 11.5 Å². The molecule has 0 saturated carbocycles. The summed E-state index contributed by atoms with van der Waals surface area (Å²) in [5.74, 6) is 2.06. The van der Waals surface area contributed by atoms with Crippen molar-refractivity contribution in [3.63, 3.8) is 0 Å². The number of carbonyl (C=O) groups excluding carboxylic acids is 2. The van der Waals surface area contributed by atoms with Crippen molar-refractivity contribution in [2.24, 2.45) is 0 Å². The highest BCUT2D eigenvalue weighted by Crippen LogP contribution is 2.25. The van der Waals surface area contributed by atoms with E-state index in [9.17, 15) is 9.59 Å². The molecule has 6 heteroatoms. The molecule has 0 aromatic heterocycles. The summed E-state index contributed by atoms with van der Waals surface area (Å²) in [6.45, 7) is 0.952. The van der Waals surface area contributed by atoms with Gasteiger partial charge in [-0.2, -0.15) is 0 Å². The van der Waals surface area contributed by atoms with Crippen molar-refractivity contribution >= 4 is 33.5 Å². The fourth-order valence-corrected chi connectivity index (χ4v) is 6.13. The molecule has 0 radical (unpaired) electrons. The SMILES string of the molecule is O=C1CCC(=O)OCCCCCCCCCCCSSCCCCCCCCCCCO1. The average Bonchev–Trinajstić information content (AvgIpc) is 2.79. The third-order valence-electron chi connectivity index (χ3n) is 5.89. The van der Waals surface area contributed by atoms with Crippen LogP contribution in [0.4, 0.5) is 0 Å². The zero-order valence-corrected chi connectivity index (χ0v) is 22.1. The molecular formula is C26H48O4S2. The highest BCUT2D eigenvalue weighted by Gasteiger charge is 2.09. The van der Waals surface area contributed by atoms with E-state index >= 15 is 0 Å². The van der Waals surface area contributed by atoms with E-state index in [0.717, 1.165) is 25.7 Å². The Bertz CT molecular complexity index is 406. The Kier molecular flexibility index (Phi) is 22.1. The largest absolute Gasteiger partial charge is 0.466 e. The average molecular weight is 489 g/mol. The van der Waals surface area contributed by atoms with Crippen molar-refractivity contribution in [3.8, 4) is 0 Å². The molecule has 188 valence electrons. The molecule has 1 heterocycles. The molecule has 1 rings (SSSR count). The second-order valence-corrected chi connectivity index (χ2v) is 11.7. The minimum atomic E-state index is -0.279. The lowest BCUT2D eigenvalue weighted by Crippen LogP contribution is -2.11. The first-order chi connectivity index (χ1) is 15.8. The smallest absolute Gasteiger partial charge is 0.306 e. The van der Waals surface area contributed by atoms with E-state index in [0.29, 0.717) is 13.2 Å². The highest BCUT2D eigenvalue weighted by atomic mass is 33.1. The molecule has 0 spiro atoms. The predicted molar refractivity (Wildman–Crippen MR) is 139 cm³/mol. The van der Waals surface area contributed by atoms with Gasteiger partial charge in [0.2, 0.25) is 0 Å². The summed E-state index contributed by atoms with van der Waals surface area (Å²) in [5.41, 5.74) is 0. The Morgan fingerprint density at radius 2 is 0.688 bits per heavy atom. The van der Waals surface area contributed by atoms with Gasteiger partial charge in [0.05, 0.1) is 26.1 Å². The molecule has 1 aliphatic heterocycles. The van der Waals surface area contributed by atoms with Gasteiger partial charge < -0.3 is 9.47 Å². The second-order valence-electron chi connectivity index (χ2n) is 8.95. The Morgan fingerprint density at radius 1 is 0.406 bits per heavy atom. The standard InChI is InChI=1S/C26H48O4S2/c27-25-19-20-26(28)30-22-16-12-8-4-2-6-10-14-18-24-32-31-23-17-13-9-5-1-3-7-11-15-21-29-25/h1-24H2. The molecule has 0 aromatic carbocycles. The Morgan fingerprint density at radius 3 is 1.03 bits per heavy atom. The zero-order valence-electron chi connectivity index (χ0n) is 20.4. The number of carbonyl (C=O) groups is 2. The lowest BCUT2D eigenvalue weighted by molar-refractivity contribution is -0.150. The van der Waals surface area contributed by atoms with E-state index in [1.807, 2.05) is 0 Å². The lowest BCUT2D eigenvalue weighted by atomic mass is 10.1. The van der Waals surface area contributed by atoms with E-state index in [-0.39, 0.29) is 24.8 Å². The molecule has 1 fully saturated rings. The van der Waals surface area contributed by atoms with Crippen LogP contribution in [0.5, 0.6) is 0 Å². The maximum Gasteiger partial charge on any atom is 0.306 e. The maximum absolute atomic E-state index is 11.7. The fraction of sp³-hybridized carbons (Fsp3) is 0.923. The lowest BCUT2D eigenvalue weighted by Gasteiger charge is -2.07. The number of rotatable bonds is 0. The Balaban J connectivity index is 2.13. The third kappa shape index (κ3) is 21.5. The fourth-order valence-electron chi connectivity index (χ4n) is 3.84. The quantitative estimate of drug-likeness (QED) is 0.252. The third-order valence-corrected chi connectivity index (χ3v) is 8.46. The van der Waals surface area contributed by atoms with Crippen molar-refractivity contribution in [1.82, 2.24) is 0 Å². The molecule has 0 atom stereocenters. The summed E-state index contributed by atoms with van der Waals surface area (Å²) >= 11 is 0. The maximum atomic E-state index is 11.7. The molecule has 4 nitrogen and oxygen atoms in total. The van der Waals surface area contributed by atoms with Gasteiger partial charge in [-0.15, -0.1) is 0 Å². The molecule has 0 N–H and O–H groups in total. The van der Waals surface area contributed by atoms with Crippen LogP contribution in [0.3, 0.4) is 0 Å². The molecule has 0 aromatic rings. The number of hydrogen-bond donors (Lipinski definition) is 0. The van der Waals surface area contributed by atoms with Crippen LogP contribution in [0.25, 0.3) is 0 Å². The predicted octanol–water partition coefficient (Wildman–Crippen LogP) is 8.27. The molecule has 1 aliphatic rings. The van der Waals surface area contributed by atoms with Crippen LogP contribution in [0, 0.1) is 0 Å². The topological polar surface area (TPSA) is 52.6 Å². The number of hydrogen-bond acceptors (Lipinski definition) is 6. The van der Waals surface area contributed by atoms with Crippen LogP contribution in [0.2, 0.25) is 0 Å². The van der Waals surface area contributed by atoms with Crippen LogP contribution in [0.1, 0.15) is 128 Å². The highest BCUT2D eigenvalue weighted by molar-refractivity contribution is 8.76. The number of esters is 2. The normalized spacial score (nSPS) is 22.9. The van der Waals surface area contributed by atoms with E-state index in [1.54, 1.807) is 0 Å². The van der Waals surface area contributed by atoms with Crippen molar-refractivity contribution in [2.45, 2.75) is 128 Å². The van der Waals surface area contributed by atoms with Gasteiger partial charge in [-0.05, 0) is 25.7 Å². The number of cyclic esters (lactones) is 2. The van der Waals surface area contributed by atoms with Crippen LogP contribution >= 0.6 is 21.6 Å². The summed E-state index contributed by atoms with van der Waals surface area (Å²) in [7, 11) is 4.14. The van der Waals surface area contributed by atoms with E-state index in [1.165, 1.54) is 101 Å². The monoisotopic (exact) mass is 488 g/mol. The zero-order chi connectivity index (χ0) is 23.0. The van der Waals surface area contributed by atoms with Crippen LogP contribution in [-0.2, 0) is 19.1 Å². The summed E-state index contributed by atoms with van der Waals surface area (Å²) < 4.78 is 10.5. The molecule has 1 saturated heterocycles. The van der Waals surface area contributed by atoms with Gasteiger partial charge in [-0.3, -0.25) is 9.59 Å². The summed E-state index contributed by atoms with van der Waals surface area (Å²) in [6, 6.07) is 0. The minimum Gasteiger partial charge on any atom is -0.466 e. The van der Waals surface area contributed by atoms with Gasteiger partial charge in [-0.1, -0.05) is 111 Å². The molecule has 0 bridgehead atoms. The van der Waals surface area contributed by atoms with Gasteiger partial charge in [0.15, 0.2) is 0 Å². The van der Waals surface area contributed by atoms with Gasteiger partial charge in [0.25, 0.3) is 0 Å². The van der Waals surface area contributed by atoms with Gasteiger partial charge in [-0.25, -0.2) is 0 Å². The summed E-state index contributed by atoms with van der Waals surface area (Å²) in [4.78, 5) is 23.5. The van der Waals surface area contributed by atoms with Crippen molar-refractivity contribution in [1.29, 1.82) is 0 Å². The van der Waals surface area contributed by atoms with Crippen molar-refractivity contribution in [2.75, 3.05) is 24.7 Å². The van der Waals surface area contributed by atoms with E-state index < -0.39 is 0 Å². The number of ether oxygens (including phenoxy) is 2. The van der Waals surface area contributed by atoms with Gasteiger partial charge >= 0.3 is 11.9 Å². The molecule has 0 aliphatic carbocycles. The van der Waals surface area contributed by atoms with Gasteiger partial charge in [0.1, 0.15) is 0 Å².